The zero-order valence-corrected chi connectivity index (χ0v) is 12.6. The van der Waals surface area contributed by atoms with Crippen LogP contribution in [0.3, 0.4) is 0 Å². The van der Waals surface area contributed by atoms with E-state index in [9.17, 15) is 9.59 Å². The molecule has 2 amide bonds. The van der Waals surface area contributed by atoms with E-state index in [1.165, 1.54) is 0 Å². The molecule has 0 aliphatic carbocycles. The number of nitrogens with one attached hydrogen (secondary N) is 2. The van der Waals surface area contributed by atoms with E-state index in [1.807, 2.05) is 37.3 Å². The Morgan fingerprint density at radius 2 is 2.09 bits per heavy atom. The minimum absolute atomic E-state index is 0.0494. The molecule has 0 spiro atoms. The maximum Gasteiger partial charge on any atom is 0.248 e. The molecule has 2 N–H and O–H groups in total. The fourth-order valence-electron chi connectivity index (χ4n) is 2.91. The fraction of sp³-hybridized carbons (Fsp3) is 0.500. The monoisotopic (exact) mass is 303 g/mol. The number of carbonyl (C=O) groups excluding carboxylic acids is 2. The third-order valence-electron chi connectivity index (χ3n) is 4.22. The minimum atomic E-state index is -0.606. The van der Waals surface area contributed by atoms with Crippen LogP contribution in [0.25, 0.3) is 0 Å². The number of benzene rings is 1. The van der Waals surface area contributed by atoms with Gasteiger partial charge in [0.1, 0.15) is 12.1 Å². The second-order valence-electron chi connectivity index (χ2n) is 5.74. The largest absolute Gasteiger partial charge is 0.371 e. The zero-order chi connectivity index (χ0) is 15.5. The van der Waals surface area contributed by atoms with Gasteiger partial charge in [-0.25, -0.2) is 0 Å². The lowest BCUT2D eigenvalue weighted by Gasteiger charge is -2.43. The highest BCUT2D eigenvalue weighted by Crippen LogP contribution is 2.16. The van der Waals surface area contributed by atoms with Gasteiger partial charge in [-0.1, -0.05) is 30.3 Å². The van der Waals surface area contributed by atoms with Gasteiger partial charge in [-0.15, -0.1) is 0 Å². The lowest BCUT2D eigenvalue weighted by atomic mass is 10.0. The standard InChI is InChI=1S/C16H21N3O3/c1-11(22-10-12-5-3-2-4-6-12)14-16(21)19-8-7-17-9-13(19)15(20)18-14/h2-6,11,13-14,17H,7-10H2,1H3,(H,18,20)/t11-,13-,14+/m1/s1. The first-order chi connectivity index (χ1) is 10.7. The Kier molecular flexibility index (Phi) is 4.40. The van der Waals surface area contributed by atoms with Crippen molar-refractivity contribution in [3.05, 3.63) is 35.9 Å². The molecule has 6 heteroatoms. The highest BCUT2D eigenvalue weighted by atomic mass is 16.5. The summed E-state index contributed by atoms with van der Waals surface area (Å²) in [5.74, 6) is -0.154. The van der Waals surface area contributed by atoms with Crippen molar-refractivity contribution in [1.82, 2.24) is 15.5 Å². The van der Waals surface area contributed by atoms with E-state index >= 15 is 0 Å². The number of rotatable bonds is 4. The van der Waals surface area contributed by atoms with Crippen molar-refractivity contribution in [3.63, 3.8) is 0 Å². The average Bonchev–Trinajstić information content (AvgIpc) is 2.57. The van der Waals surface area contributed by atoms with Gasteiger partial charge in [0.05, 0.1) is 12.7 Å². The molecule has 1 aromatic carbocycles. The van der Waals surface area contributed by atoms with Crippen molar-refractivity contribution in [2.75, 3.05) is 19.6 Å². The predicted molar refractivity (Wildman–Crippen MR) is 81.0 cm³/mol. The molecule has 2 heterocycles. The van der Waals surface area contributed by atoms with E-state index in [2.05, 4.69) is 10.6 Å². The molecule has 1 aromatic rings. The molecular weight excluding hydrogens is 282 g/mol. The lowest BCUT2D eigenvalue weighted by Crippen LogP contribution is -2.70. The summed E-state index contributed by atoms with van der Waals surface area (Å²) in [5.41, 5.74) is 1.05. The lowest BCUT2D eigenvalue weighted by molar-refractivity contribution is -0.154. The quantitative estimate of drug-likeness (QED) is 0.814. The molecule has 22 heavy (non-hydrogen) atoms. The number of hydrogen-bond donors (Lipinski definition) is 2. The summed E-state index contributed by atoms with van der Waals surface area (Å²) < 4.78 is 5.79. The van der Waals surface area contributed by atoms with Crippen LogP contribution >= 0.6 is 0 Å². The summed E-state index contributed by atoms with van der Waals surface area (Å²) in [7, 11) is 0. The number of ether oxygens (including phenoxy) is 1. The zero-order valence-electron chi connectivity index (χ0n) is 12.6. The van der Waals surface area contributed by atoms with Gasteiger partial charge in [-0.05, 0) is 12.5 Å². The molecule has 6 nitrogen and oxygen atoms in total. The van der Waals surface area contributed by atoms with Crippen LogP contribution in [0.4, 0.5) is 0 Å². The van der Waals surface area contributed by atoms with Crippen LogP contribution in [0.2, 0.25) is 0 Å². The molecule has 3 rings (SSSR count). The highest BCUT2D eigenvalue weighted by Gasteiger charge is 2.43. The first kappa shape index (κ1) is 15.0. The molecule has 118 valence electrons. The second-order valence-corrected chi connectivity index (χ2v) is 5.74. The van der Waals surface area contributed by atoms with E-state index in [0.29, 0.717) is 19.7 Å². The third-order valence-corrected chi connectivity index (χ3v) is 4.22. The normalized spacial score (nSPS) is 26.3. The van der Waals surface area contributed by atoms with E-state index in [-0.39, 0.29) is 24.0 Å². The van der Waals surface area contributed by atoms with Gasteiger partial charge in [0.2, 0.25) is 11.8 Å². The van der Waals surface area contributed by atoms with E-state index in [4.69, 9.17) is 4.74 Å². The Morgan fingerprint density at radius 1 is 1.32 bits per heavy atom. The molecule has 0 saturated carbocycles. The molecule has 2 aliphatic heterocycles. The van der Waals surface area contributed by atoms with Gasteiger partial charge >= 0.3 is 0 Å². The fourth-order valence-corrected chi connectivity index (χ4v) is 2.91. The SMILES string of the molecule is C[C@@H](OCc1ccccc1)[C@@H]1NC(=O)[C@H]2CNCCN2C1=O. The number of hydrogen-bond acceptors (Lipinski definition) is 4. The van der Waals surface area contributed by atoms with Crippen molar-refractivity contribution in [1.29, 1.82) is 0 Å². The molecule has 0 bridgehead atoms. The van der Waals surface area contributed by atoms with Gasteiger partial charge in [-0.2, -0.15) is 0 Å². The number of fused-ring (bicyclic) bond motifs is 1. The van der Waals surface area contributed by atoms with Crippen LogP contribution in [0.5, 0.6) is 0 Å². The van der Waals surface area contributed by atoms with E-state index < -0.39 is 6.04 Å². The molecular formula is C16H21N3O3. The number of amides is 2. The van der Waals surface area contributed by atoms with Crippen molar-refractivity contribution in [2.45, 2.75) is 31.7 Å². The van der Waals surface area contributed by atoms with Crippen LogP contribution in [0.15, 0.2) is 30.3 Å². The van der Waals surface area contributed by atoms with Crippen LogP contribution in [-0.4, -0.2) is 54.5 Å². The van der Waals surface area contributed by atoms with E-state index in [0.717, 1.165) is 12.1 Å². The molecule has 2 saturated heterocycles. The van der Waals surface area contributed by atoms with Crippen molar-refractivity contribution in [2.24, 2.45) is 0 Å². The number of nitrogens with zero attached hydrogens (tertiary/aromatic N) is 1. The van der Waals surface area contributed by atoms with Crippen LogP contribution in [-0.2, 0) is 20.9 Å². The molecule has 0 unspecified atom stereocenters. The number of carbonyl (C=O) groups is 2. The summed E-state index contributed by atoms with van der Waals surface area (Å²) in [5, 5.41) is 5.95. The summed E-state index contributed by atoms with van der Waals surface area (Å²) in [4.78, 5) is 26.4. The maximum absolute atomic E-state index is 12.6. The maximum atomic E-state index is 12.6. The number of piperazine rings is 2. The molecule has 3 atom stereocenters. The van der Waals surface area contributed by atoms with Crippen LogP contribution in [0.1, 0.15) is 12.5 Å². The van der Waals surface area contributed by atoms with Crippen molar-refractivity contribution < 1.29 is 14.3 Å². The van der Waals surface area contributed by atoms with Gasteiger partial charge in [-0.3, -0.25) is 9.59 Å². The summed E-state index contributed by atoms with van der Waals surface area (Å²) in [6, 6.07) is 8.79. The van der Waals surface area contributed by atoms with Gasteiger partial charge in [0.15, 0.2) is 0 Å². The molecule has 0 radical (unpaired) electrons. The summed E-state index contributed by atoms with van der Waals surface area (Å²) in [6.45, 7) is 4.06. The van der Waals surface area contributed by atoms with Gasteiger partial charge in [0.25, 0.3) is 0 Å². The van der Waals surface area contributed by atoms with Gasteiger partial charge < -0.3 is 20.3 Å². The first-order valence-corrected chi connectivity index (χ1v) is 7.64. The van der Waals surface area contributed by atoms with Crippen LogP contribution in [0, 0.1) is 0 Å². The second kappa shape index (κ2) is 6.46. The Morgan fingerprint density at radius 3 is 2.86 bits per heavy atom. The predicted octanol–water partition coefficient (Wildman–Crippen LogP) is -0.109. The molecule has 2 fully saturated rings. The van der Waals surface area contributed by atoms with Gasteiger partial charge in [0, 0.05) is 19.6 Å². The molecule has 0 aromatic heterocycles. The summed E-state index contributed by atoms with van der Waals surface area (Å²) >= 11 is 0. The Bertz CT molecular complexity index is 549. The van der Waals surface area contributed by atoms with Crippen molar-refractivity contribution >= 4 is 11.8 Å². The highest BCUT2D eigenvalue weighted by molar-refractivity contribution is 5.97. The van der Waals surface area contributed by atoms with Crippen molar-refractivity contribution in [3.8, 4) is 0 Å². The van der Waals surface area contributed by atoms with E-state index in [1.54, 1.807) is 4.90 Å². The minimum Gasteiger partial charge on any atom is -0.371 e. The first-order valence-electron chi connectivity index (χ1n) is 7.64. The summed E-state index contributed by atoms with van der Waals surface area (Å²) in [6.07, 6.45) is -0.368. The average molecular weight is 303 g/mol. The Balaban J connectivity index is 1.63. The Labute approximate surface area is 129 Å². The molecule has 2 aliphatic rings. The smallest absolute Gasteiger partial charge is 0.248 e. The topological polar surface area (TPSA) is 70.7 Å². The third kappa shape index (κ3) is 2.98. The van der Waals surface area contributed by atoms with Crippen LogP contribution < -0.4 is 10.6 Å². The Hall–Kier alpha value is -1.92.